The number of hydrogen-bond donors (Lipinski definition) is 2. The Hall–Kier alpha value is -1.39. The molecule has 1 heterocycles. The third-order valence-corrected chi connectivity index (χ3v) is 5.17. The molecule has 2 saturated carbocycles. The van der Waals surface area contributed by atoms with Crippen LogP contribution in [-0.4, -0.2) is 23.8 Å². The lowest BCUT2D eigenvalue weighted by Gasteiger charge is -2.42. The minimum absolute atomic E-state index is 0.0360. The number of carbonyl (C=O) groups is 3. The predicted octanol–water partition coefficient (Wildman–Crippen LogP) is 1.12. The number of rotatable bonds is 4. The van der Waals surface area contributed by atoms with Gasteiger partial charge in [-0.3, -0.25) is 19.7 Å². The zero-order valence-electron chi connectivity index (χ0n) is 11.7. The van der Waals surface area contributed by atoms with Crippen LogP contribution < -0.4 is 10.6 Å². The number of hydrogen-bond acceptors (Lipinski definition) is 3. The van der Waals surface area contributed by atoms with E-state index in [2.05, 4.69) is 10.6 Å². The lowest BCUT2D eigenvalue weighted by Crippen LogP contribution is -2.55. The number of amides is 3. The normalized spacial score (nSPS) is 27.8. The molecule has 3 aliphatic rings. The molecule has 3 amide bonds. The Bertz CT molecular complexity index is 413. The first-order valence-corrected chi connectivity index (χ1v) is 7.79. The maximum atomic E-state index is 12.5. The molecule has 1 unspecified atom stereocenters. The molecule has 5 nitrogen and oxygen atoms in total. The van der Waals surface area contributed by atoms with Gasteiger partial charge in [-0.05, 0) is 43.9 Å². The number of nitrogens with one attached hydrogen (secondary N) is 2. The van der Waals surface area contributed by atoms with E-state index in [1.54, 1.807) is 0 Å². The SMILES string of the molecule is O=C1CCC(NC(=O)C(C2CCC2)C2CCC2)C(=O)N1. The van der Waals surface area contributed by atoms with Crippen molar-refractivity contribution in [2.45, 2.75) is 57.4 Å². The van der Waals surface area contributed by atoms with Gasteiger partial charge in [-0.25, -0.2) is 0 Å². The van der Waals surface area contributed by atoms with Crippen molar-refractivity contribution >= 4 is 17.7 Å². The Kier molecular flexibility index (Phi) is 3.76. The molecule has 0 bridgehead atoms. The summed E-state index contributed by atoms with van der Waals surface area (Å²) in [7, 11) is 0. The lowest BCUT2D eigenvalue weighted by atomic mass is 9.64. The molecule has 20 heavy (non-hydrogen) atoms. The molecule has 0 spiro atoms. The summed E-state index contributed by atoms with van der Waals surface area (Å²) in [6.07, 6.45) is 7.76. The molecule has 0 aromatic rings. The van der Waals surface area contributed by atoms with E-state index >= 15 is 0 Å². The van der Waals surface area contributed by atoms with Crippen LogP contribution in [0.1, 0.15) is 51.4 Å². The third-order valence-electron chi connectivity index (χ3n) is 5.17. The van der Waals surface area contributed by atoms with Gasteiger partial charge in [0.05, 0.1) is 0 Å². The van der Waals surface area contributed by atoms with E-state index < -0.39 is 6.04 Å². The van der Waals surface area contributed by atoms with E-state index in [1.165, 1.54) is 12.8 Å². The summed E-state index contributed by atoms with van der Waals surface area (Å²) in [6.45, 7) is 0. The molecule has 0 aromatic heterocycles. The van der Waals surface area contributed by atoms with Crippen LogP contribution in [-0.2, 0) is 14.4 Å². The molecular weight excluding hydrogens is 256 g/mol. The molecule has 2 aliphatic carbocycles. The fourth-order valence-electron chi connectivity index (χ4n) is 3.51. The van der Waals surface area contributed by atoms with Crippen LogP contribution in [0.5, 0.6) is 0 Å². The van der Waals surface area contributed by atoms with E-state index in [9.17, 15) is 14.4 Å². The van der Waals surface area contributed by atoms with Gasteiger partial charge in [-0.2, -0.15) is 0 Å². The topological polar surface area (TPSA) is 75.3 Å². The Morgan fingerprint density at radius 1 is 1.05 bits per heavy atom. The van der Waals surface area contributed by atoms with E-state index in [1.807, 2.05) is 0 Å². The van der Waals surface area contributed by atoms with Gasteiger partial charge >= 0.3 is 0 Å². The van der Waals surface area contributed by atoms with Crippen molar-refractivity contribution in [1.29, 1.82) is 0 Å². The highest BCUT2D eigenvalue weighted by Crippen LogP contribution is 2.44. The standard InChI is InChI=1S/C15H22N2O3/c18-12-8-7-11(14(19)17-12)16-15(20)13(9-3-1-4-9)10-5-2-6-10/h9-11,13H,1-8H2,(H,16,20)(H,17,18,19). The van der Waals surface area contributed by atoms with Crippen LogP contribution in [0.3, 0.4) is 0 Å². The molecule has 2 N–H and O–H groups in total. The first kappa shape index (κ1) is 13.6. The molecule has 1 saturated heterocycles. The van der Waals surface area contributed by atoms with E-state index in [-0.39, 0.29) is 23.6 Å². The van der Waals surface area contributed by atoms with Gasteiger partial charge in [0.1, 0.15) is 6.04 Å². The lowest BCUT2D eigenvalue weighted by molar-refractivity contribution is -0.140. The minimum atomic E-state index is -0.525. The molecule has 5 heteroatoms. The third kappa shape index (κ3) is 2.58. The van der Waals surface area contributed by atoms with Crippen molar-refractivity contribution in [3.63, 3.8) is 0 Å². The molecule has 1 aliphatic heterocycles. The van der Waals surface area contributed by atoms with Gasteiger partial charge in [0, 0.05) is 12.3 Å². The highest BCUT2D eigenvalue weighted by atomic mass is 16.2. The maximum Gasteiger partial charge on any atom is 0.249 e. The van der Waals surface area contributed by atoms with Crippen LogP contribution in [0, 0.1) is 17.8 Å². The summed E-state index contributed by atoms with van der Waals surface area (Å²) in [5.41, 5.74) is 0. The van der Waals surface area contributed by atoms with Crippen LogP contribution in [0.2, 0.25) is 0 Å². The van der Waals surface area contributed by atoms with Crippen molar-refractivity contribution < 1.29 is 14.4 Å². The van der Waals surface area contributed by atoms with Gasteiger partial charge in [0.2, 0.25) is 17.7 Å². The van der Waals surface area contributed by atoms with Crippen molar-refractivity contribution in [3.8, 4) is 0 Å². The number of imide groups is 1. The Balaban J connectivity index is 1.61. The number of carbonyl (C=O) groups excluding carboxylic acids is 3. The summed E-state index contributed by atoms with van der Waals surface area (Å²) in [5.74, 6) is 0.546. The zero-order chi connectivity index (χ0) is 14.1. The molecular formula is C15H22N2O3. The van der Waals surface area contributed by atoms with Gasteiger partial charge in [0.15, 0.2) is 0 Å². The first-order chi connectivity index (χ1) is 9.65. The predicted molar refractivity (Wildman–Crippen MR) is 72.5 cm³/mol. The largest absolute Gasteiger partial charge is 0.344 e. The smallest absolute Gasteiger partial charge is 0.249 e. The fraction of sp³-hybridized carbons (Fsp3) is 0.800. The van der Waals surface area contributed by atoms with Crippen molar-refractivity contribution in [2.24, 2.45) is 17.8 Å². The molecule has 110 valence electrons. The monoisotopic (exact) mass is 278 g/mol. The molecule has 0 aromatic carbocycles. The summed E-state index contributed by atoms with van der Waals surface area (Å²) >= 11 is 0. The average Bonchev–Trinajstić information content (AvgIpc) is 2.27. The molecule has 0 radical (unpaired) electrons. The summed E-state index contributed by atoms with van der Waals surface area (Å²) in [5, 5.41) is 5.18. The van der Waals surface area contributed by atoms with Crippen LogP contribution >= 0.6 is 0 Å². The highest BCUT2D eigenvalue weighted by Gasteiger charge is 2.41. The first-order valence-electron chi connectivity index (χ1n) is 7.79. The van der Waals surface area contributed by atoms with Gasteiger partial charge in [0.25, 0.3) is 0 Å². The van der Waals surface area contributed by atoms with E-state index in [0.717, 1.165) is 25.7 Å². The van der Waals surface area contributed by atoms with Crippen molar-refractivity contribution in [1.82, 2.24) is 10.6 Å². The summed E-state index contributed by atoms with van der Waals surface area (Å²) in [4.78, 5) is 35.4. The second kappa shape index (κ2) is 5.54. The van der Waals surface area contributed by atoms with E-state index in [4.69, 9.17) is 0 Å². The maximum absolute atomic E-state index is 12.5. The Morgan fingerprint density at radius 2 is 1.65 bits per heavy atom. The average molecular weight is 278 g/mol. The van der Waals surface area contributed by atoms with E-state index in [0.29, 0.717) is 24.7 Å². The van der Waals surface area contributed by atoms with Crippen LogP contribution in [0.15, 0.2) is 0 Å². The second-order valence-corrected chi connectivity index (χ2v) is 6.42. The van der Waals surface area contributed by atoms with Gasteiger partial charge < -0.3 is 5.32 Å². The van der Waals surface area contributed by atoms with Crippen LogP contribution in [0.25, 0.3) is 0 Å². The summed E-state index contributed by atoms with van der Waals surface area (Å²) < 4.78 is 0. The van der Waals surface area contributed by atoms with Crippen molar-refractivity contribution in [3.05, 3.63) is 0 Å². The van der Waals surface area contributed by atoms with Crippen molar-refractivity contribution in [2.75, 3.05) is 0 Å². The van der Waals surface area contributed by atoms with Gasteiger partial charge in [-0.1, -0.05) is 12.8 Å². The van der Waals surface area contributed by atoms with Crippen LogP contribution in [0.4, 0.5) is 0 Å². The highest BCUT2D eigenvalue weighted by molar-refractivity contribution is 6.01. The second-order valence-electron chi connectivity index (χ2n) is 6.42. The Morgan fingerprint density at radius 3 is 2.10 bits per heavy atom. The van der Waals surface area contributed by atoms with Gasteiger partial charge in [-0.15, -0.1) is 0 Å². The zero-order valence-corrected chi connectivity index (χ0v) is 11.7. The number of piperidine rings is 1. The molecule has 1 atom stereocenters. The quantitative estimate of drug-likeness (QED) is 0.757. The summed E-state index contributed by atoms with van der Waals surface area (Å²) in [6, 6.07) is -0.525. The fourth-order valence-corrected chi connectivity index (χ4v) is 3.51. The molecule has 3 fully saturated rings. The molecule has 3 rings (SSSR count). The Labute approximate surface area is 118 Å². The minimum Gasteiger partial charge on any atom is -0.344 e.